The van der Waals surface area contributed by atoms with E-state index < -0.39 is 0 Å². The highest BCUT2D eigenvalue weighted by molar-refractivity contribution is 5.92. The highest BCUT2D eigenvalue weighted by Gasteiger charge is 2.22. The predicted octanol–water partition coefficient (Wildman–Crippen LogP) is 3.73. The number of aryl methyl sites for hydroxylation is 1. The first-order valence-electron chi connectivity index (χ1n) is 10.3. The van der Waals surface area contributed by atoms with Crippen LogP contribution in [0.3, 0.4) is 0 Å². The normalized spacial score (nSPS) is 16.9. The quantitative estimate of drug-likeness (QED) is 0.648. The Morgan fingerprint density at radius 3 is 2.80 bits per heavy atom. The van der Waals surface area contributed by atoms with Crippen molar-refractivity contribution in [2.24, 2.45) is 5.92 Å². The van der Waals surface area contributed by atoms with Crippen LogP contribution >= 0.6 is 0 Å². The average Bonchev–Trinajstić information content (AvgIpc) is 3.15. The fraction of sp³-hybridized carbons (Fsp3) is 0.348. The standard InChI is InChI=1S/C23H27N5O2/c1-18-25-11-13-28(18)16-19-4-3-12-27(15-19)17-23(29)26-20-6-8-21(9-7-20)30-22-5-2-10-24-14-22/h2,5-11,13-14,19H,3-4,12,15-17H2,1H3,(H,26,29)/t19-/m1/s1. The summed E-state index contributed by atoms with van der Waals surface area (Å²) in [6.07, 6.45) is 9.55. The molecule has 0 radical (unpaired) electrons. The fourth-order valence-electron chi connectivity index (χ4n) is 3.87. The minimum atomic E-state index is 0.00962. The fourth-order valence-corrected chi connectivity index (χ4v) is 3.87. The smallest absolute Gasteiger partial charge is 0.238 e. The number of nitrogens with zero attached hydrogens (tertiary/aromatic N) is 4. The molecule has 1 saturated heterocycles. The number of rotatable bonds is 7. The van der Waals surface area contributed by atoms with E-state index in [9.17, 15) is 4.79 Å². The van der Waals surface area contributed by atoms with E-state index in [0.29, 0.717) is 24.0 Å². The van der Waals surface area contributed by atoms with Crippen LogP contribution in [0.4, 0.5) is 5.69 Å². The number of hydrogen-bond donors (Lipinski definition) is 1. The summed E-state index contributed by atoms with van der Waals surface area (Å²) in [6, 6.07) is 11.1. The molecule has 0 spiro atoms. The van der Waals surface area contributed by atoms with Crippen LogP contribution in [0.5, 0.6) is 11.5 Å². The first kappa shape index (κ1) is 20.1. The molecule has 1 aliphatic rings. The highest BCUT2D eigenvalue weighted by Crippen LogP contribution is 2.22. The lowest BCUT2D eigenvalue weighted by Gasteiger charge is -2.32. The third-order valence-electron chi connectivity index (χ3n) is 5.36. The van der Waals surface area contributed by atoms with Gasteiger partial charge < -0.3 is 14.6 Å². The number of ether oxygens (including phenoxy) is 1. The second kappa shape index (κ2) is 9.54. The Morgan fingerprint density at radius 2 is 2.07 bits per heavy atom. The number of anilines is 1. The van der Waals surface area contributed by atoms with E-state index in [1.807, 2.05) is 55.7 Å². The molecule has 7 nitrogen and oxygen atoms in total. The van der Waals surface area contributed by atoms with Crippen LogP contribution in [-0.4, -0.2) is 45.0 Å². The molecule has 7 heteroatoms. The summed E-state index contributed by atoms with van der Waals surface area (Å²) >= 11 is 0. The summed E-state index contributed by atoms with van der Waals surface area (Å²) in [5, 5.41) is 2.99. The number of nitrogens with one attached hydrogen (secondary N) is 1. The van der Waals surface area contributed by atoms with E-state index in [2.05, 4.69) is 24.8 Å². The Morgan fingerprint density at radius 1 is 1.20 bits per heavy atom. The molecule has 4 rings (SSSR count). The van der Waals surface area contributed by atoms with Crippen LogP contribution in [0.1, 0.15) is 18.7 Å². The number of hydrogen-bond acceptors (Lipinski definition) is 5. The molecule has 1 atom stereocenters. The van der Waals surface area contributed by atoms with Crippen molar-refractivity contribution in [2.45, 2.75) is 26.3 Å². The van der Waals surface area contributed by atoms with Crippen LogP contribution in [0.25, 0.3) is 0 Å². The number of pyridine rings is 1. The summed E-state index contributed by atoms with van der Waals surface area (Å²) in [5.41, 5.74) is 0.765. The van der Waals surface area contributed by atoms with Gasteiger partial charge in [0.15, 0.2) is 0 Å². The number of benzene rings is 1. The zero-order valence-corrected chi connectivity index (χ0v) is 17.2. The van der Waals surface area contributed by atoms with Crippen molar-refractivity contribution in [2.75, 3.05) is 25.0 Å². The Bertz CT molecular complexity index is 955. The Labute approximate surface area is 176 Å². The van der Waals surface area contributed by atoms with Crippen LogP contribution in [-0.2, 0) is 11.3 Å². The van der Waals surface area contributed by atoms with Gasteiger partial charge in [-0.15, -0.1) is 0 Å². The third-order valence-corrected chi connectivity index (χ3v) is 5.36. The molecule has 0 unspecified atom stereocenters. The largest absolute Gasteiger partial charge is 0.456 e. The van der Waals surface area contributed by atoms with Crippen molar-refractivity contribution < 1.29 is 9.53 Å². The number of amides is 1. The van der Waals surface area contributed by atoms with Crippen molar-refractivity contribution in [3.63, 3.8) is 0 Å². The zero-order valence-electron chi connectivity index (χ0n) is 17.2. The van der Waals surface area contributed by atoms with Gasteiger partial charge in [0.25, 0.3) is 0 Å². The van der Waals surface area contributed by atoms with Gasteiger partial charge in [-0.25, -0.2) is 4.98 Å². The summed E-state index contributed by atoms with van der Waals surface area (Å²) in [4.78, 5) is 23.1. The molecular formula is C23H27N5O2. The molecule has 0 bridgehead atoms. The summed E-state index contributed by atoms with van der Waals surface area (Å²) in [6.45, 7) is 5.30. The Balaban J connectivity index is 1.26. The molecule has 2 aromatic heterocycles. The second-order valence-electron chi connectivity index (χ2n) is 7.73. The highest BCUT2D eigenvalue weighted by atomic mass is 16.5. The number of aromatic nitrogens is 3. The van der Waals surface area contributed by atoms with E-state index >= 15 is 0 Å². The minimum Gasteiger partial charge on any atom is -0.456 e. The number of piperidine rings is 1. The molecule has 1 aromatic carbocycles. The maximum Gasteiger partial charge on any atom is 0.238 e. The number of carbonyl (C=O) groups is 1. The first-order valence-corrected chi connectivity index (χ1v) is 10.3. The lowest BCUT2D eigenvalue weighted by atomic mass is 9.98. The molecule has 3 heterocycles. The molecule has 3 aromatic rings. The maximum absolute atomic E-state index is 12.5. The summed E-state index contributed by atoms with van der Waals surface area (Å²) < 4.78 is 7.93. The minimum absolute atomic E-state index is 0.00962. The van der Waals surface area contributed by atoms with Crippen molar-refractivity contribution in [3.05, 3.63) is 67.0 Å². The molecule has 0 saturated carbocycles. The van der Waals surface area contributed by atoms with Crippen molar-refractivity contribution in [1.82, 2.24) is 19.4 Å². The van der Waals surface area contributed by atoms with Crippen LogP contribution < -0.4 is 10.1 Å². The van der Waals surface area contributed by atoms with Crippen LogP contribution in [0.2, 0.25) is 0 Å². The van der Waals surface area contributed by atoms with Gasteiger partial charge in [-0.05, 0) is 68.6 Å². The molecule has 1 fully saturated rings. The van der Waals surface area contributed by atoms with Crippen molar-refractivity contribution in [3.8, 4) is 11.5 Å². The first-order chi connectivity index (χ1) is 14.7. The van der Waals surface area contributed by atoms with Gasteiger partial charge in [0.1, 0.15) is 17.3 Å². The van der Waals surface area contributed by atoms with Gasteiger partial charge in [-0.1, -0.05) is 0 Å². The SMILES string of the molecule is Cc1nccn1C[C@@H]1CCCN(CC(=O)Nc2ccc(Oc3cccnc3)cc2)C1. The topological polar surface area (TPSA) is 72.3 Å². The number of likely N-dealkylation sites (tertiary alicyclic amines) is 1. The van der Waals surface area contributed by atoms with Gasteiger partial charge >= 0.3 is 0 Å². The van der Waals surface area contributed by atoms with Gasteiger partial charge in [-0.3, -0.25) is 14.7 Å². The molecule has 1 amide bonds. The van der Waals surface area contributed by atoms with Crippen molar-refractivity contribution >= 4 is 11.6 Å². The molecular weight excluding hydrogens is 378 g/mol. The molecule has 30 heavy (non-hydrogen) atoms. The predicted molar refractivity (Wildman–Crippen MR) is 116 cm³/mol. The zero-order chi connectivity index (χ0) is 20.8. The molecule has 0 aliphatic carbocycles. The van der Waals surface area contributed by atoms with Crippen molar-refractivity contribution in [1.29, 1.82) is 0 Å². The Hall–Kier alpha value is -3.19. The lowest BCUT2D eigenvalue weighted by Crippen LogP contribution is -2.41. The monoisotopic (exact) mass is 405 g/mol. The summed E-state index contributed by atoms with van der Waals surface area (Å²) in [7, 11) is 0. The van der Waals surface area contributed by atoms with E-state index in [4.69, 9.17) is 4.74 Å². The summed E-state index contributed by atoms with van der Waals surface area (Å²) in [5.74, 6) is 2.98. The third kappa shape index (κ3) is 5.45. The average molecular weight is 406 g/mol. The number of carbonyl (C=O) groups excluding carboxylic acids is 1. The van der Waals surface area contributed by atoms with E-state index in [1.165, 1.54) is 6.42 Å². The lowest BCUT2D eigenvalue weighted by molar-refractivity contribution is -0.117. The maximum atomic E-state index is 12.5. The molecule has 1 N–H and O–H groups in total. The molecule has 156 valence electrons. The van der Waals surface area contributed by atoms with Crippen LogP contribution in [0.15, 0.2) is 61.2 Å². The Kier molecular flexibility index (Phi) is 6.39. The van der Waals surface area contributed by atoms with Gasteiger partial charge in [0, 0.05) is 37.4 Å². The van der Waals surface area contributed by atoms with Gasteiger partial charge in [0.2, 0.25) is 5.91 Å². The van der Waals surface area contributed by atoms with E-state index in [1.54, 1.807) is 12.4 Å². The second-order valence-corrected chi connectivity index (χ2v) is 7.73. The molecule has 1 aliphatic heterocycles. The van der Waals surface area contributed by atoms with E-state index in [-0.39, 0.29) is 5.91 Å². The van der Waals surface area contributed by atoms with Crippen LogP contribution in [0, 0.1) is 12.8 Å². The number of imidazole rings is 1. The van der Waals surface area contributed by atoms with Gasteiger partial charge in [-0.2, -0.15) is 0 Å². The van der Waals surface area contributed by atoms with Gasteiger partial charge in [0.05, 0.1) is 12.7 Å². The van der Waals surface area contributed by atoms with E-state index in [0.717, 1.165) is 37.6 Å².